The van der Waals surface area contributed by atoms with Crippen LogP contribution in [-0.2, 0) is 11.3 Å². The van der Waals surface area contributed by atoms with Crippen molar-refractivity contribution in [2.45, 2.75) is 25.8 Å². The van der Waals surface area contributed by atoms with E-state index in [1.165, 1.54) is 0 Å². The Labute approximate surface area is 184 Å². The maximum Gasteiger partial charge on any atom is 0.220 e. The van der Waals surface area contributed by atoms with Crippen molar-refractivity contribution >= 4 is 11.9 Å². The summed E-state index contributed by atoms with van der Waals surface area (Å²) in [5.74, 6) is 3.62. The van der Waals surface area contributed by atoms with Crippen LogP contribution in [-0.4, -0.2) is 51.1 Å². The molecule has 0 aliphatic carbocycles. The number of amides is 1. The molecule has 1 aliphatic rings. The molecule has 1 amide bonds. The van der Waals surface area contributed by atoms with E-state index in [1.807, 2.05) is 55.6 Å². The quantitative estimate of drug-likeness (QED) is 0.526. The fourth-order valence-electron chi connectivity index (χ4n) is 3.73. The van der Waals surface area contributed by atoms with Gasteiger partial charge in [0.25, 0.3) is 0 Å². The molecule has 31 heavy (non-hydrogen) atoms. The lowest BCUT2D eigenvalue weighted by molar-refractivity contribution is -0.121. The summed E-state index contributed by atoms with van der Waals surface area (Å²) >= 11 is 0. The first kappa shape index (κ1) is 22.5. The molecule has 7 heteroatoms. The Bertz CT molecular complexity index is 875. The third-order valence-corrected chi connectivity index (χ3v) is 5.55. The number of likely N-dealkylation sites (tertiary alicyclic amines) is 1. The Morgan fingerprint density at radius 3 is 2.39 bits per heavy atom. The highest BCUT2D eigenvalue weighted by Gasteiger charge is 2.23. The van der Waals surface area contributed by atoms with Crippen molar-refractivity contribution in [1.82, 2.24) is 15.5 Å². The lowest BCUT2D eigenvalue weighted by Gasteiger charge is -2.34. The molecule has 166 valence electrons. The number of aliphatic imine (C=N–C) groups is 1. The molecule has 1 saturated heterocycles. The van der Waals surface area contributed by atoms with Gasteiger partial charge >= 0.3 is 0 Å². The first-order chi connectivity index (χ1) is 15.1. The molecule has 3 rings (SSSR count). The average molecular weight is 425 g/mol. The van der Waals surface area contributed by atoms with Crippen molar-refractivity contribution in [3.05, 3.63) is 54.1 Å². The lowest BCUT2D eigenvalue weighted by Crippen LogP contribution is -2.45. The van der Waals surface area contributed by atoms with E-state index >= 15 is 0 Å². The number of hydrogen-bond acceptors (Lipinski definition) is 4. The van der Waals surface area contributed by atoms with Gasteiger partial charge in [-0.25, -0.2) is 0 Å². The van der Waals surface area contributed by atoms with Gasteiger partial charge in [0.1, 0.15) is 5.75 Å². The number of ether oxygens (including phenoxy) is 2. The molecule has 0 atom stereocenters. The molecule has 0 aromatic heterocycles. The summed E-state index contributed by atoms with van der Waals surface area (Å²) in [5, 5.41) is 6.16. The monoisotopic (exact) mass is 424 g/mol. The van der Waals surface area contributed by atoms with E-state index < -0.39 is 0 Å². The number of rotatable bonds is 7. The van der Waals surface area contributed by atoms with Crippen LogP contribution in [0.4, 0.5) is 0 Å². The second-order valence-electron chi connectivity index (χ2n) is 7.61. The molecule has 0 bridgehead atoms. The number of methoxy groups -OCH3 is 1. The molecule has 7 nitrogen and oxygen atoms in total. The summed E-state index contributed by atoms with van der Waals surface area (Å²) in [6.07, 6.45) is 2.62. The summed E-state index contributed by atoms with van der Waals surface area (Å²) in [6.45, 7) is 2.50. The van der Waals surface area contributed by atoms with Gasteiger partial charge < -0.3 is 25.0 Å². The van der Waals surface area contributed by atoms with Crippen LogP contribution in [0, 0.1) is 5.92 Å². The maximum atomic E-state index is 11.6. The number of carbonyl (C=O) groups excluding carboxylic acids is 1. The van der Waals surface area contributed by atoms with E-state index in [-0.39, 0.29) is 5.91 Å². The number of piperidine rings is 1. The molecule has 2 aromatic rings. The number of hydrogen-bond donors (Lipinski definition) is 2. The minimum absolute atomic E-state index is 0.124. The van der Waals surface area contributed by atoms with Gasteiger partial charge in [-0.15, -0.1) is 0 Å². The van der Waals surface area contributed by atoms with Crippen LogP contribution < -0.4 is 20.1 Å². The van der Waals surface area contributed by atoms with E-state index in [0.717, 1.165) is 43.2 Å². The van der Waals surface area contributed by atoms with Crippen LogP contribution in [0.1, 0.15) is 24.8 Å². The fourth-order valence-corrected chi connectivity index (χ4v) is 3.73. The van der Waals surface area contributed by atoms with Gasteiger partial charge in [-0.3, -0.25) is 9.79 Å². The Morgan fingerprint density at radius 2 is 1.77 bits per heavy atom. The second kappa shape index (κ2) is 11.2. The highest BCUT2D eigenvalue weighted by Crippen LogP contribution is 2.30. The van der Waals surface area contributed by atoms with Crippen LogP contribution in [0.15, 0.2) is 53.5 Å². The van der Waals surface area contributed by atoms with Crippen molar-refractivity contribution in [2.75, 3.05) is 34.3 Å². The van der Waals surface area contributed by atoms with E-state index in [1.54, 1.807) is 14.2 Å². The fraction of sp³-hybridized carbons (Fsp3) is 0.417. The largest absolute Gasteiger partial charge is 0.493 e. The minimum atomic E-state index is 0.124. The van der Waals surface area contributed by atoms with Crippen molar-refractivity contribution in [3.63, 3.8) is 0 Å². The lowest BCUT2D eigenvalue weighted by atomic mass is 9.93. The van der Waals surface area contributed by atoms with Crippen molar-refractivity contribution in [2.24, 2.45) is 10.9 Å². The summed E-state index contributed by atoms with van der Waals surface area (Å²) < 4.78 is 11.3. The third kappa shape index (κ3) is 6.38. The Kier molecular flexibility index (Phi) is 8.15. The molecule has 0 radical (unpaired) electrons. The first-order valence-electron chi connectivity index (χ1n) is 10.7. The Hall–Kier alpha value is -3.22. The highest BCUT2D eigenvalue weighted by atomic mass is 16.5. The molecule has 0 saturated carbocycles. The molecule has 0 unspecified atom stereocenters. The molecule has 2 N–H and O–H groups in total. The highest BCUT2D eigenvalue weighted by molar-refractivity contribution is 5.80. The van der Waals surface area contributed by atoms with Gasteiger partial charge in [-0.05, 0) is 48.6 Å². The topological polar surface area (TPSA) is 75.2 Å². The average Bonchev–Trinajstić information content (AvgIpc) is 2.81. The molecule has 1 heterocycles. The third-order valence-electron chi connectivity index (χ3n) is 5.55. The first-order valence-corrected chi connectivity index (χ1v) is 10.7. The maximum absolute atomic E-state index is 11.6. The van der Waals surface area contributed by atoms with Crippen LogP contribution in [0.3, 0.4) is 0 Å². The van der Waals surface area contributed by atoms with Crippen molar-refractivity contribution < 1.29 is 14.3 Å². The standard InChI is InChI=1S/C24H32N4O3/c1-25-23(29)16-18-12-14-28(15-13-18)24(26-2)27-17-19-8-10-20(11-9-19)31-22-7-5-4-6-21(22)30-3/h4-11,18H,12-17H2,1-3H3,(H,25,29)(H,26,27). The number of nitrogens with zero attached hydrogens (tertiary/aromatic N) is 2. The SMILES string of the molecule is CN=C(NCc1ccc(Oc2ccccc2OC)cc1)N1CCC(CC(=O)NC)CC1. The van der Waals surface area contributed by atoms with Crippen LogP contribution in [0.25, 0.3) is 0 Å². The van der Waals surface area contributed by atoms with Gasteiger partial charge in [-0.2, -0.15) is 0 Å². The number of para-hydroxylation sites is 2. The Morgan fingerprint density at radius 1 is 1.10 bits per heavy atom. The zero-order valence-corrected chi connectivity index (χ0v) is 18.6. The second-order valence-corrected chi connectivity index (χ2v) is 7.61. The minimum Gasteiger partial charge on any atom is -0.493 e. The number of carbonyl (C=O) groups is 1. The van der Waals surface area contributed by atoms with Crippen LogP contribution in [0.5, 0.6) is 17.2 Å². The van der Waals surface area contributed by atoms with E-state index in [9.17, 15) is 4.79 Å². The molecule has 1 fully saturated rings. The van der Waals surface area contributed by atoms with Crippen molar-refractivity contribution in [3.8, 4) is 17.2 Å². The molecule has 0 spiro atoms. The molecule has 1 aliphatic heterocycles. The summed E-state index contributed by atoms with van der Waals surface area (Å²) in [7, 11) is 5.14. The van der Waals surface area contributed by atoms with Gasteiger partial charge in [0.2, 0.25) is 5.91 Å². The molecular formula is C24H32N4O3. The van der Waals surface area contributed by atoms with E-state index in [4.69, 9.17) is 9.47 Å². The predicted octanol–water partition coefficient (Wildman–Crippen LogP) is 3.41. The van der Waals surface area contributed by atoms with Gasteiger partial charge in [0.05, 0.1) is 7.11 Å². The van der Waals surface area contributed by atoms with E-state index in [2.05, 4.69) is 20.5 Å². The summed E-state index contributed by atoms with van der Waals surface area (Å²) in [5.41, 5.74) is 1.14. The smallest absolute Gasteiger partial charge is 0.220 e. The predicted molar refractivity (Wildman–Crippen MR) is 123 cm³/mol. The van der Waals surface area contributed by atoms with Gasteiger partial charge in [0.15, 0.2) is 17.5 Å². The number of guanidine groups is 1. The van der Waals surface area contributed by atoms with Crippen molar-refractivity contribution in [1.29, 1.82) is 0 Å². The van der Waals surface area contributed by atoms with Gasteiger partial charge in [0, 0.05) is 40.2 Å². The van der Waals surface area contributed by atoms with E-state index in [0.29, 0.717) is 30.4 Å². The summed E-state index contributed by atoms with van der Waals surface area (Å²) in [4.78, 5) is 18.3. The normalized spacial score (nSPS) is 14.8. The number of benzene rings is 2. The van der Waals surface area contributed by atoms with Gasteiger partial charge in [-0.1, -0.05) is 24.3 Å². The zero-order valence-electron chi connectivity index (χ0n) is 18.6. The van der Waals surface area contributed by atoms with Crippen LogP contribution in [0.2, 0.25) is 0 Å². The molecular weight excluding hydrogens is 392 g/mol. The molecule has 2 aromatic carbocycles. The number of nitrogens with one attached hydrogen (secondary N) is 2. The summed E-state index contributed by atoms with van der Waals surface area (Å²) in [6, 6.07) is 15.6. The zero-order chi connectivity index (χ0) is 22.1. The van der Waals surface area contributed by atoms with Crippen LogP contribution >= 0.6 is 0 Å². The Balaban J connectivity index is 1.49.